The zero-order valence-corrected chi connectivity index (χ0v) is 10.7. The van der Waals surface area contributed by atoms with E-state index in [9.17, 15) is 4.39 Å². The van der Waals surface area contributed by atoms with Gasteiger partial charge >= 0.3 is 0 Å². The monoisotopic (exact) mass is 264 g/mol. The van der Waals surface area contributed by atoms with Crippen molar-refractivity contribution in [3.63, 3.8) is 0 Å². The topological polar surface area (TPSA) is 46.0 Å². The Balaban J connectivity index is 2.08. The van der Waals surface area contributed by atoms with E-state index < -0.39 is 0 Å². The van der Waals surface area contributed by atoms with Crippen LogP contribution >= 0.6 is 11.8 Å². The zero-order chi connectivity index (χ0) is 13.0. The summed E-state index contributed by atoms with van der Waals surface area (Å²) in [6.07, 6.45) is 0. The first-order valence-electron chi connectivity index (χ1n) is 5.50. The predicted octanol–water partition coefficient (Wildman–Crippen LogP) is 2.71. The van der Waals surface area contributed by atoms with Gasteiger partial charge in [0.15, 0.2) is 0 Å². The van der Waals surface area contributed by atoms with Crippen molar-refractivity contribution in [1.29, 1.82) is 0 Å². The van der Waals surface area contributed by atoms with Crippen molar-refractivity contribution in [1.82, 2.24) is 9.97 Å². The van der Waals surface area contributed by atoms with Crippen LogP contribution in [-0.4, -0.2) is 15.1 Å². The molecule has 2 rings (SSSR count). The van der Waals surface area contributed by atoms with E-state index in [0.29, 0.717) is 17.3 Å². The minimum Gasteiger partial charge on any atom is -0.390 e. The molecule has 0 bridgehead atoms. The molecule has 1 N–H and O–H groups in total. The Kier molecular flexibility index (Phi) is 4.28. The molecule has 0 aliphatic rings. The molecule has 0 fully saturated rings. The molecule has 5 heteroatoms. The van der Waals surface area contributed by atoms with Crippen molar-refractivity contribution >= 4 is 11.8 Å². The summed E-state index contributed by atoms with van der Waals surface area (Å²) in [5.41, 5.74) is 1.43. The van der Waals surface area contributed by atoms with Gasteiger partial charge in [0.25, 0.3) is 0 Å². The molecule has 94 valence electrons. The van der Waals surface area contributed by atoms with Crippen molar-refractivity contribution in [2.45, 2.75) is 24.2 Å². The minimum absolute atomic E-state index is 0.0962. The molecule has 0 spiro atoms. The van der Waals surface area contributed by atoms with Crippen molar-refractivity contribution in [2.24, 2.45) is 0 Å². The lowest BCUT2D eigenvalue weighted by Crippen LogP contribution is -2.00. The standard InChI is InChI=1S/C13H13FN2OS/c1-9-5-11(7-17)16-13(15-9)8-18-12-4-2-3-10(14)6-12/h2-6,17H,7-8H2,1H3. The summed E-state index contributed by atoms with van der Waals surface area (Å²) in [6, 6.07) is 8.16. The van der Waals surface area contributed by atoms with Crippen molar-refractivity contribution in [3.8, 4) is 0 Å². The fraction of sp³-hybridized carbons (Fsp3) is 0.231. The fourth-order valence-corrected chi connectivity index (χ4v) is 2.35. The van der Waals surface area contributed by atoms with Gasteiger partial charge < -0.3 is 5.11 Å². The van der Waals surface area contributed by atoms with Gasteiger partial charge in [0.1, 0.15) is 11.6 Å². The summed E-state index contributed by atoms with van der Waals surface area (Å²) in [5.74, 6) is 0.951. The lowest BCUT2D eigenvalue weighted by molar-refractivity contribution is 0.276. The van der Waals surface area contributed by atoms with Crippen LogP contribution in [0.3, 0.4) is 0 Å². The Morgan fingerprint density at radius 1 is 1.28 bits per heavy atom. The van der Waals surface area contributed by atoms with Crippen molar-refractivity contribution < 1.29 is 9.50 Å². The third kappa shape index (κ3) is 3.51. The highest BCUT2D eigenvalue weighted by molar-refractivity contribution is 7.98. The summed E-state index contributed by atoms with van der Waals surface area (Å²) < 4.78 is 13.0. The van der Waals surface area contributed by atoms with Gasteiger partial charge in [0.2, 0.25) is 0 Å². The van der Waals surface area contributed by atoms with Crippen molar-refractivity contribution in [3.05, 3.63) is 53.4 Å². The fourth-order valence-electron chi connectivity index (χ4n) is 1.55. The van der Waals surface area contributed by atoms with Gasteiger partial charge in [0.05, 0.1) is 18.1 Å². The van der Waals surface area contributed by atoms with Crippen LogP contribution in [0.5, 0.6) is 0 Å². The number of benzene rings is 1. The molecule has 1 aromatic carbocycles. The molecule has 3 nitrogen and oxygen atoms in total. The SMILES string of the molecule is Cc1cc(CO)nc(CSc2cccc(F)c2)n1. The largest absolute Gasteiger partial charge is 0.390 e. The van der Waals surface area contributed by atoms with E-state index in [-0.39, 0.29) is 12.4 Å². The molecule has 0 aliphatic carbocycles. The molecule has 0 unspecified atom stereocenters. The van der Waals surface area contributed by atoms with Crippen LogP contribution in [0.15, 0.2) is 35.2 Å². The van der Waals surface area contributed by atoms with Gasteiger partial charge in [-0.05, 0) is 31.2 Å². The van der Waals surface area contributed by atoms with Gasteiger partial charge in [-0.2, -0.15) is 0 Å². The van der Waals surface area contributed by atoms with E-state index in [0.717, 1.165) is 10.6 Å². The second-order valence-electron chi connectivity index (χ2n) is 3.82. The van der Waals surface area contributed by atoms with Crippen molar-refractivity contribution in [2.75, 3.05) is 0 Å². The second kappa shape index (κ2) is 5.93. The number of hydrogen-bond acceptors (Lipinski definition) is 4. The Bertz CT molecular complexity index is 548. The Hall–Kier alpha value is -1.46. The smallest absolute Gasteiger partial charge is 0.139 e. The number of rotatable bonds is 4. The number of aliphatic hydroxyl groups excluding tert-OH is 1. The van der Waals surface area contributed by atoms with E-state index in [4.69, 9.17) is 5.11 Å². The Morgan fingerprint density at radius 2 is 2.11 bits per heavy atom. The molecule has 0 amide bonds. The van der Waals surface area contributed by atoms with Gasteiger partial charge in [0, 0.05) is 10.6 Å². The maximum Gasteiger partial charge on any atom is 0.139 e. The predicted molar refractivity (Wildman–Crippen MR) is 68.7 cm³/mol. The van der Waals surface area contributed by atoms with Gasteiger partial charge in [-0.15, -0.1) is 11.8 Å². The van der Waals surface area contributed by atoms with Crippen LogP contribution in [0.25, 0.3) is 0 Å². The molecular formula is C13H13FN2OS. The summed E-state index contributed by atoms with van der Waals surface area (Å²) in [5, 5.41) is 9.06. The molecule has 0 atom stereocenters. The number of hydrogen-bond donors (Lipinski definition) is 1. The number of nitrogens with zero attached hydrogens (tertiary/aromatic N) is 2. The maximum atomic E-state index is 13.0. The molecule has 0 radical (unpaired) electrons. The Labute approximate surface area is 109 Å². The molecule has 1 heterocycles. The quantitative estimate of drug-likeness (QED) is 0.862. The third-order valence-electron chi connectivity index (χ3n) is 2.28. The third-order valence-corrected chi connectivity index (χ3v) is 3.27. The summed E-state index contributed by atoms with van der Waals surface area (Å²) >= 11 is 1.47. The lowest BCUT2D eigenvalue weighted by Gasteiger charge is -2.04. The number of thioether (sulfide) groups is 1. The average molecular weight is 264 g/mol. The van der Waals surface area contributed by atoms with Crippen LogP contribution < -0.4 is 0 Å². The average Bonchev–Trinajstić information content (AvgIpc) is 2.36. The van der Waals surface area contributed by atoms with Crippen LogP contribution in [0.2, 0.25) is 0 Å². The van der Waals surface area contributed by atoms with E-state index in [1.165, 1.54) is 23.9 Å². The molecule has 0 aliphatic heterocycles. The molecule has 2 aromatic rings. The number of aryl methyl sites for hydroxylation is 1. The molecule has 0 saturated carbocycles. The van der Waals surface area contributed by atoms with Gasteiger partial charge in [-0.25, -0.2) is 14.4 Å². The first-order valence-corrected chi connectivity index (χ1v) is 6.48. The number of aromatic nitrogens is 2. The van der Waals surface area contributed by atoms with E-state index >= 15 is 0 Å². The summed E-state index contributed by atoms with van der Waals surface area (Å²) in [6.45, 7) is 1.76. The van der Waals surface area contributed by atoms with Crippen LogP contribution in [0.1, 0.15) is 17.2 Å². The number of halogens is 1. The first-order chi connectivity index (χ1) is 8.67. The lowest BCUT2D eigenvalue weighted by atomic mass is 10.3. The van der Waals surface area contributed by atoms with E-state index in [1.54, 1.807) is 12.1 Å². The summed E-state index contributed by atoms with van der Waals surface area (Å²) in [4.78, 5) is 9.33. The van der Waals surface area contributed by atoms with Gasteiger partial charge in [-0.1, -0.05) is 6.07 Å². The van der Waals surface area contributed by atoms with Crippen LogP contribution in [-0.2, 0) is 12.4 Å². The van der Waals surface area contributed by atoms with Gasteiger partial charge in [-0.3, -0.25) is 0 Å². The number of aliphatic hydroxyl groups is 1. The highest BCUT2D eigenvalue weighted by Gasteiger charge is 2.03. The second-order valence-corrected chi connectivity index (χ2v) is 4.87. The van der Waals surface area contributed by atoms with E-state index in [1.807, 2.05) is 13.0 Å². The molecule has 0 saturated heterocycles. The maximum absolute atomic E-state index is 13.0. The highest BCUT2D eigenvalue weighted by atomic mass is 32.2. The normalized spacial score (nSPS) is 10.6. The molecular weight excluding hydrogens is 251 g/mol. The van der Waals surface area contributed by atoms with Crippen LogP contribution in [0.4, 0.5) is 4.39 Å². The summed E-state index contributed by atoms with van der Waals surface area (Å²) in [7, 11) is 0. The molecule has 1 aromatic heterocycles. The van der Waals surface area contributed by atoms with Crippen LogP contribution in [0, 0.1) is 12.7 Å². The first kappa shape index (κ1) is 13.0. The Morgan fingerprint density at radius 3 is 2.83 bits per heavy atom. The molecule has 18 heavy (non-hydrogen) atoms. The highest BCUT2D eigenvalue weighted by Crippen LogP contribution is 2.22. The minimum atomic E-state index is -0.249. The zero-order valence-electron chi connectivity index (χ0n) is 9.93. The van der Waals surface area contributed by atoms with E-state index in [2.05, 4.69) is 9.97 Å².